The lowest BCUT2D eigenvalue weighted by atomic mass is 10.2. The van der Waals surface area contributed by atoms with Crippen molar-refractivity contribution in [2.24, 2.45) is 0 Å². The predicted molar refractivity (Wildman–Crippen MR) is 105 cm³/mol. The monoisotopic (exact) mass is 332 g/mol. The van der Waals surface area contributed by atoms with Crippen LogP contribution in [0.25, 0.3) is 6.08 Å². The van der Waals surface area contributed by atoms with Gasteiger partial charge >= 0.3 is 0 Å². The molecule has 1 aromatic carbocycles. The molecular formula is C20H34NOSi. The molecule has 0 aliphatic rings. The maximum Gasteiger partial charge on any atom is 0.132 e. The van der Waals surface area contributed by atoms with Gasteiger partial charge < -0.3 is 9.64 Å². The van der Waals surface area contributed by atoms with Gasteiger partial charge in [0.15, 0.2) is 0 Å². The second kappa shape index (κ2) is 12.5. The van der Waals surface area contributed by atoms with E-state index in [1.165, 1.54) is 55.7 Å². The molecule has 2 nitrogen and oxygen atoms in total. The first kappa shape index (κ1) is 20.1. The predicted octanol–water partition coefficient (Wildman–Crippen LogP) is 4.05. The zero-order chi connectivity index (χ0) is 16.9. The molecule has 3 heteroatoms. The van der Waals surface area contributed by atoms with Crippen LogP contribution in [0.15, 0.2) is 30.8 Å². The Hall–Kier alpha value is -0.903. The van der Waals surface area contributed by atoms with Gasteiger partial charge in [0.2, 0.25) is 0 Å². The van der Waals surface area contributed by atoms with Gasteiger partial charge in [-0.15, -0.1) is 0 Å². The van der Waals surface area contributed by atoms with Gasteiger partial charge in [0, 0.05) is 12.8 Å². The van der Waals surface area contributed by atoms with Gasteiger partial charge in [0.1, 0.15) is 8.80 Å². The van der Waals surface area contributed by atoms with Crippen LogP contribution < -0.4 is 5.19 Å². The average molecular weight is 333 g/mol. The van der Waals surface area contributed by atoms with Crippen molar-refractivity contribution in [2.45, 2.75) is 46.5 Å². The number of hydrogen-bond donors (Lipinski definition) is 0. The molecule has 129 valence electrons. The number of hydrogen-bond acceptors (Lipinski definition) is 2. The Bertz CT molecular complexity index is 427. The molecule has 0 aromatic heterocycles. The van der Waals surface area contributed by atoms with Crippen molar-refractivity contribution >= 4 is 20.1 Å². The number of unbranched alkanes of at least 4 members (excludes halogenated alkanes) is 2. The number of benzene rings is 1. The molecule has 1 aromatic rings. The highest BCUT2D eigenvalue weighted by Gasteiger charge is 2.20. The SMILES string of the molecule is C=Cc1ccccc1[Si](COCC)CN(CCCC)CCCC. The van der Waals surface area contributed by atoms with Gasteiger partial charge in [-0.3, -0.25) is 0 Å². The standard InChI is InChI=1S/C20H34NOSi/c1-5-9-15-21(16-10-6-2)17-23(18-22-8-4)20-14-12-11-13-19(20)7-3/h7,11-14H,3,5-6,8-10,15-18H2,1-2,4H3. The third kappa shape index (κ3) is 7.47. The normalized spacial score (nSPS) is 11.3. The van der Waals surface area contributed by atoms with Gasteiger partial charge in [-0.1, -0.05) is 68.8 Å². The molecule has 0 atom stereocenters. The maximum atomic E-state index is 5.84. The van der Waals surface area contributed by atoms with E-state index >= 15 is 0 Å². The van der Waals surface area contributed by atoms with E-state index in [0.717, 1.165) is 12.8 Å². The molecule has 0 saturated heterocycles. The first-order valence-corrected chi connectivity index (χ1v) is 11.0. The summed E-state index contributed by atoms with van der Waals surface area (Å²) in [5.74, 6) is 0. The summed E-state index contributed by atoms with van der Waals surface area (Å²) in [4.78, 5) is 2.67. The third-order valence-electron chi connectivity index (χ3n) is 4.11. The highest BCUT2D eigenvalue weighted by Crippen LogP contribution is 2.05. The topological polar surface area (TPSA) is 12.5 Å². The molecule has 0 saturated carbocycles. The summed E-state index contributed by atoms with van der Waals surface area (Å²) in [6, 6.07) is 8.72. The lowest BCUT2D eigenvalue weighted by Crippen LogP contribution is -2.48. The van der Waals surface area contributed by atoms with Gasteiger partial charge in [0.05, 0.1) is 0 Å². The quantitative estimate of drug-likeness (QED) is 0.505. The molecule has 0 spiro atoms. The molecule has 1 radical (unpaired) electrons. The van der Waals surface area contributed by atoms with Crippen molar-refractivity contribution in [3.05, 3.63) is 36.4 Å². The van der Waals surface area contributed by atoms with Crippen molar-refractivity contribution in [1.29, 1.82) is 0 Å². The molecule has 23 heavy (non-hydrogen) atoms. The molecule has 0 N–H and O–H groups in total. The fraction of sp³-hybridized carbons (Fsp3) is 0.600. The number of rotatable bonds is 13. The summed E-state index contributed by atoms with van der Waals surface area (Å²) in [5.41, 5.74) is 1.28. The van der Waals surface area contributed by atoms with E-state index in [-0.39, 0.29) is 0 Å². The van der Waals surface area contributed by atoms with E-state index in [1.54, 1.807) is 0 Å². The van der Waals surface area contributed by atoms with Crippen LogP contribution in [-0.2, 0) is 4.74 Å². The molecule has 1 rings (SSSR count). The highest BCUT2D eigenvalue weighted by molar-refractivity contribution is 6.74. The van der Waals surface area contributed by atoms with Crippen molar-refractivity contribution in [3.63, 3.8) is 0 Å². The van der Waals surface area contributed by atoms with Crippen LogP contribution in [0.4, 0.5) is 0 Å². The first-order chi connectivity index (χ1) is 11.3. The van der Waals surface area contributed by atoms with Crippen LogP contribution in [0.1, 0.15) is 52.0 Å². The Balaban J connectivity index is 2.87. The van der Waals surface area contributed by atoms with Crippen LogP contribution >= 0.6 is 0 Å². The Morgan fingerprint density at radius 2 is 1.74 bits per heavy atom. The zero-order valence-electron chi connectivity index (χ0n) is 15.3. The van der Waals surface area contributed by atoms with E-state index in [0.29, 0.717) is 0 Å². The maximum absolute atomic E-state index is 5.84. The molecule has 0 aliphatic heterocycles. The highest BCUT2D eigenvalue weighted by atomic mass is 28.3. The summed E-state index contributed by atoms with van der Waals surface area (Å²) in [7, 11) is -0.753. The third-order valence-corrected chi connectivity index (χ3v) is 6.71. The Kier molecular flexibility index (Phi) is 11.0. The molecule has 0 fully saturated rings. The Morgan fingerprint density at radius 3 is 2.30 bits per heavy atom. The minimum absolute atomic E-state index is 0.753. The lowest BCUT2D eigenvalue weighted by Gasteiger charge is -2.27. The fourth-order valence-electron chi connectivity index (χ4n) is 2.73. The molecule has 0 heterocycles. The van der Waals surface area contributed by atoms with Gasteiger partial charge in [-0.05, 0) is 44.6 Å². The minimum atomic E-state index is -0.753. The molecular weight excluding hydrogens is 298 g/mol. The van der Waals surface area contributed by atoms with E-state index in [2.05, 4.69) is 56.5 Å². The Morgan fingerprint density at radius 1 is 1.09 bits per heavy atom. The van der Waals surface area contributed by atoms with Crippen molar-refractivity contribution in [1.82, 2.24) is 4.90 Å². The molecule has 0 unspecified atom stereocenters. The first-order valence-electron chi connectivity index (χ1n) is 9.13. The number of ether oxygens (including phenoxy) is 1. The fourth-order valence-corrected chi connectivity index (χ4v) is 5.38. The van der Waals surface area contributed by atoms with E-state index < -0.39 is 8.80 Å². The van der Waals surface area contributed by atoms with Crippen LogP contribution in [0.3, 0.4) is 0 Å². The van der Waals surface area contributed by atoms with Gasteiger partial charge in [0.25, 0.3) is 0 Å². The van der Waals surface area contributed by atoms with Crippen LogP contribution in [-0.4, -0.2) is 45.8 Å². The van der Waals surface area contributed by atoms with Crippen molar-refractivity contribution in [2.75, 3.05) is 32.1 Å². The zero-order valence-corrected chi connectivity index (χ0v) is 16.3. The molecule has 0 aliphatic carbocycles. The van der Waals surface area contributed by atoms with E-state index in [4.69, 9.17) is 4.74 Å². The largest absolute Gasteiger partial charge is 0.385 e. The summed E-state index contributed by atoms with van der Waals surface area (Å²) >= 11 is 0. The van der Waals surface area contributed by atoms with Crippen LogP contribution in [0.5, 0.6) is 0 Å². The second-order valence-corrected chi connectivity index (χ2v) is 8.37. The van der Waals surface area contributed by atoms with Gasteiger partial charge in [-0.2, -0.15) is 0 Å². The van der Waals surface area contributed by atoms with Crippen LogP contribution in [0, 0.1) is 0 Å². The Labute approximate surface area is 145 Å². The summed E-state index contributed by atoms with van der Waals surface area (Å²) in [6.45, 7) is 13.9. The summed E-state index contributed by atoms with van der Waals surface area (Å²) < 4.78 is 5.84. The van der Waals surface area contributed by atoms with Gasteiger partial charge in [-0.25, -0.2) is 0 Å². The minimum Gasteiger partial charge on any atom is -0.385 e. The van der Waals surface area contributed by atoms with Crippen molar-refractivity contribution in [3.8, 4) is 0 Å². The summed E-state index contributed by atoms with van der Waals surface area (Å²) in [6.07, 6.45) is 9.16. The van der Waals surface area contributed by atoms with Crippen molar-refractivity contribution < 1.29 is 4.74 Å². The molecule has 0 bridgehead atoms. The smallest absolute Gasteiger partial charge is 0.132 e. The lowest BCUT2D eigenvalue weighted by molar-refractivity contribution is 0.188. The molecule has 0 amide bonds. The summed E-state index contributed by atoms with van der Waals surface area (Å²) in [5, 5.41) is 1.47. The second-order valence-electron chi connectivity index (χ2n) is 6.02. The van der Waals surface area contributed by atoms with E-state index in [1.807, 2.05) is 6.08 Å². The van der Waals surface area contributed by atoms with E-state index in [9.17, 15) is 0 Å². The number of nitrogens with zero attached hydrogens (tertiary/aromatic N) is 1. The average Bonchev–Trinajstić information content (AvgIpc) is 2.60. The van der Waals surface area contributed by atoms with Crippen LogP contribution in [0.2, 0.25) is 0 Å².